The Morgan fingerprint density at radius 1 is 1.00 bits per heavy atom. The smallest absolute Gasteiger partial charge is 0.0821 e. The van der Waals surface area contributed by atoms with Gasteiger partial charge in [0.1, 0.15) is 0 Å². The first-order valence-electron chi connectivity index (χ1n) is 6.74. The summed E-state index contributed by atoms with van der Waals surface area (Å²) in [5.41, 5.74) is 3.87. The molecule has 2 atom stereocenters. The van der Waals surface area contributed by atoms with Gasteiger partial charge in [-0.15, -0.1) is 0 Å². The molecular weight excluding hydrogens is 300 g/mol. The summed E-state index contributed by atoms with van der Waals surface area (Å²) in [4.78, 5) is 0. The van der Waals surface area contributed by atoms with E-state index in [1.807, 2.05) is 24.3 Å². The second kappa shape index (κ2) is 5.48. The van der Waals surface area contributed by atoms with Gasteiger partial charge in [-0.25, -0.2) is 0 Å². The van der Waals surface area contributed by atoms with Crippen LogP contribution in [0.5, 0.6) is 0 Å². The molecular formula is C17H17BrO. The zero-order valence-electron chi connectivity index (χ0n) is 10.7. The summed E-state index contributed by atoms with van der Waals surface area (Å²) in [6.45, 7) is 0. The minimum Gasteiger partial charge on any atom is -0.388 e. The second-order valence-electron chi connectivity index (χ2n) is 5.27. The molecule has 1 aliphatic rings. The normalized spacial score (nSPS) is 19.8. The van der Waals surface area contributed by atoms with Crippen molar-refractivity contribution >= 4 is 15.9 Å². The van der Waals surface area contributed by atoms with Crippen LogP contribution in [-0.2, 0) is 12.8 Å². The summed E-state index contributed by atoms with van der Waals surface area (Å²) >= 11 is 3.43. The molecule has 0 saturated carbocycles. The van der Waals surface area contributed by atoms with E-state index in [1.165, 1.54) is 11.1 Å². The fraction of sp³-hybridized carbons (Fsp3) is 0.294. The van der Waals surface area contributed by atoms with E-state index >= 15 is 0 Å². The van der Waals surface area contributed by atoms with Crippen LogP contribution in [0, 0.1) is 5.92 Å². The van der Waals surface area contributed by atoms with E-state index in [-0.39, 0.29) is 6.10 Å². The predicted molar refractivity (Wildman–Crippen MR) is 81.1 cm³/mol. The van der Waals surface area contributed by atoms with Crippen molar-refractivity contribution in [2.75, 3.05) is 0 Å². The molecule has 3 rings (SSSR count). The highest BCUT2D eigenvalue weighted by atomic mass is 79.9. The van der Waals surface area contributed by atoms with E-state index in [4.69, 9.17) is 0 Å². The highest BCUT2D eigenvalue weighted by Gasteiger charge is 2.25. The Balaban J connectivity index is 1.79. The highest BCUT2D eigenvalue weighted by molar-refractivity contribution is 9.10. The van der Waals surface area contributed by atoms with E-state index in [0.717, 1.165) is 29.3 Å². The molecule has 0 aromatic heterocycles. The van der Waals surface area contributed by atoms with Gasteiger partial charge in [0.05, 0.1) is 6.10 Å². The van der Waals surface area contributed by atoms with Crippen LogP contribution in [0.4, 0.5) is 0 Å². The Hall–Kier alpha value is -1.12. The summed E-state index contributed by atoms with van der Waals surface area (Å²) in [6.07, 6.45) is 2.76. The van der Waals surface area contributed by atoms with Gasteiger partial charge in [0.15, 0.2) is 0 Å². The molecule has 1 N–H and O–H groups in total. The zero-order valence-corrected chi connectivity index (χ0v) is 12.3. The van der Waals surface area contributed by atoms with Crippen molar-refractivity contribution in [3.8, 4) is 0 Å². The van der Waals surface area contributed by atoms with Gasteiger partial charge in [-0.05, 0) is 54.0 Å². The van der Waals surface area contributed by atoms with Crippen LogP contribution in [0.2, 0.25) is 0 Å². The number of aryl methyl sites for hydroxylation is 1. The number of aliphatic hydroxyl groups excluding tert-OH is 1. The highest BCUT2D eigenvalue weighted by Crippen LogP contribution is 2.34. The van der Waals surface area contributed by atoms with Crippen LogP contribution in [0.25, 0.3) is 0 Å². The van der Waals surface area contributed by atoms with Gasteiger partial charge < -0.3 is 5.11 Å². The molecule has 1 aliphatic carbocycles. The standard InChI is InChI=1S/C17H17BrO/c18-16-9-7-13(8-10-16)17(19)15-6-5-12-3-1-2-4-14(12)11-15/h1-4,7-10,15,17,19H,5-6,11H2. The molecule has 0 spiro atoms. The molecule has 0 amide bonds. The van der Waals surface area contributed by atoms with E-state index in [2.05, 4.69) is 40.2 Å². The van der Waals surface area contributed by atoms with E-state index in [9.17, 15) is 5.11 Å². The third-order valence-corrected chi connectivity index (χ3v) is 4.57. The Morgan fingerprint density at radius 3 is 2.42 bits per heavy atom. The van der Waals surface area contributed by atoms with E-state index in [0.29, 0.717) is 5.92 Å². The monoisotopic (exact) mass is 316 g/mol. The van der Waals surface area contributed by atoms with Gasteiger partial charge in [-0.3, -0.25) is 0 Å². The molecule has 0 fully saturated rings. The van der Waals surface area contributed by atoms with Gasteiger partial charge in [-0.1, -0.05) is 52.3 Å². The summed E-state index contributed by atoms with van der Waals surface area (Å²) < 4.78 is 1.05. The molecule has 0 aliphatic heterocycles. The van der Waals surface area contributed by atoms with Gasteiger partial charge in [0.2, 0.25) is 0 Å². The lowest BCUT2D eigenvalue weighted by Gasteiger charge is -2.28. The topological polar surface area (TPSA) is 20.2 Å². The number of halogens is 1. The molecule has 1 nitrogen and oxygen atoms in total. The molecule has 2 aromatic carbocycles. The Bertz CT molecular complexity index is 562. The molecule has 0 radical (unpaired) electrons. The van der Waals surface area contributed by atoms with Crippen LogP contribution < -0.4 is 0 Å². The maximum absolute atomic E-state index is 10.5. The summed E-state index contributed by atoms with van der Waals surface area (Å²) in [5, 5.41) is 10.5. The SMILES string of the molecule is OC(c1ccc(Br)cc1)C1CCc2ccccc2C1. The Morgan fingerprint density at radius 2 is 1.68 bits per heavy atom. The van der Waals surface area contributed by atoms with Crippen molar-refractivity contribution in [1.29, 1.82) is 0 Å². The molecule has 2 heteroatoms. The first-order chi connectivity index (χ1) is 9.24. The molecule has 19 heavy (non-hydrogen) atoms. The lowest BCUT2D eigenvalue weighted by Crippen LogP contribution is -2.21. The van der Waals surface area contributed by atoms with Crippen molar-refractivity contribution in [1.82, 2.24) is 0 Å². The Kier molecular flexibility index (Phi) is 3.72. The number of hydrogen-bond donors (Lipinski definition) is 1. The van der Waals surface area contributed by atoms with Crippen molar-refractivity contribution in [2.24, 2.45) is 5.92 Å². The number of rotatable bonds is 2. The number of hydrogen-bond acceptors (Lipinski definition) is 1. The molecule has 0 saturated heterocycles. The molecule has 2 unspecified atom stereocenters. The minimum absolute atomic E-state index is 0.330. The lowest BCUT2D eigenvalue weighted by atomic mass is 9.79. The predicted octanol–water partition coefficient (Wildman–Crippen LogP) is 4.29. The maximum Gasteiger partial charge on any atom is 0.0821 e. The van der Waals surface area contributed by atoms with Crippen molar-refractivity contribution < 1.29 is 5.11 Å². The van der Waals surface area contributed by atoms with Gasteiger partial charge in [0, 0.05) is 4.47 Å². The van der Waals surface area contributed by atoms with Crippen molar-refractivity contribution in [3.05, 3.63) is 69.7 Å². The molecule has 98 valence electrons. The molecule has 0 heterocycles. The van der Waals surface area contributed by atoms with E-state index in [1.54, 1.807) is 0 Å². The van der Waals surface area contributed by atoms with Crippen LogP contribution in [0.1, 0.15) is 29.2 Å². The fourth-order valence-corrected chi connectivity index (χ4v) is 3.19. The van der Waals surface area contributed by atoms with Gasteiger partial charge in [-0.2, -0.15) is 0 Å². The quantitative estimate of drug-likeness (QED) is 0.876. The van der Waals surface area contributed by atoms with Gasteiger partial charge >= 0.3 is 0 Å². The maximum atomic E-state index is 10.5. The third-order valence-electron chi connectivity index (χ3n) is 4.04. The Labute approximate surface area is 122 Å². The minimum atomic E-state index is -0.360. The van der Waals surface area contributed by atoms with Crippen molar-refractivity contribution in [2.45, 2.75) is 25.4 Å². The number of benzene rings is 2. The molecule has 2 aromatic rings. The van der Waals surface area contributed by atoms with Crippen LogP contribution in [0.15, 0.2) is 53.0 Å². The summed E-state index contributed by atoms with van der Waals surface area (Å²) in [6, 6.07) is 16.6. The fourth-order valence-electron chi connectivity index (χ4n) is 2.93. The largest absolute Gasteiger partial charge is 0.388 e. The van der Waals surface area contributed by atoms with Crippen LogP contribution >= 0.6 is 15.9 Å². The van der Waals surface area contributed by atoms with Gasteiger partial charge in [0.25, 0.3) is 0 Å². The average Bonchev–Trinajstić information content (AvgIpc) is 2.47. The second-order valence-corrected chi connectivity index (χ2v) is 6.18. The third kappa shape index (κ3) is 2.75. The number of fused-ring (bicyclic) bond motifs is 1. The molecule has 0 bridgehead atoms. The zero-order chi connectivity index (χ0) is 13.2. The number of aliphatic hydroxyl groups is 1. The lowest BCUT2D eigenvalue weighted by molar-refractivity contribution is 0.0995. The first-order valence-corrected chi connectivity index (χ1v) is 7.53. The van der Waals surface area contributed by atoms with E-state index < -0.39 is 0 Å². The van der Waals surface area contributed by atoms with Crippen molar-refractivity contribution in [3.63, 3.8) is 0 Å². The van der Waals surface area contributed by atoms with Crippen LogP contribution in [0.3, 0.4) is 0 Å². The average molecular weight is 317 g/mol. The first kappa shape index (κ1) is 12.9. The summed E-state index contributed by atoms with van der Waals surface area (Å²) in [7, 11) is 0. The summed E-state index contributed by atoms with van der Waals surface area (Å²) in [5.74, 6) is 0.330. The van der Waals surface area contributed by atoms with Crippen LogP contribution in [-0.4, -0.2) is 5.11 Å².